The van der Waals surface area contributed by atoms with E-state index in [-0.39, 0.29) is 0 Å². The Balaban J connectivity index is 2.17. The van der Waals surface area contributed by atoms with Gasteiger partial charge >= 0.3 is 0 Å². The molecule has 21 heavy (non-hydrogen) atoms. The van der Waals surface area contributed by atoms with Crippen molar-refractivity contribution in [2.24, 2.45) is 5.73 Å². The molecular weight excluding hydrogens is 262 g/mol. The molecule has 0 atom stereocenters. The van der Waals surface area contributed by atoms with Crippen molar-refractivity contribution in [2.45, 2.75) is 13.5 Å². The zero-order valence-corrected chi connectivity index (χ0v) is 12.3. The summed E-state index contributed by atoms with van der Waals surface area (Å²) >= 11 is 0. The van der Waals surface area contributed by atoms with Crippen LogP contribution in [0.3, 0.4) is 0 Å². The van der Waals surface area contributed by atoms with E-state index in [4.69, 9.17) is 15.2 Å². The van der Waals surface area contributed by atoms with Crippen molar-refractivity contribution < 1.29 is 9.47 Å². The lowest BCUT2D eigenvalue weighted by atomic mass is 10.1. The summed E-state index contributed by atoms with van der Waals surface area (Å²) in [4.78, 5) is 0. The van der Waals surface area contributed by atoms with Gasteiger partial charge in [-0.05, 0) is 42.8 Å². The van der Waals surface area contributed by atoms with Gasteiger partial charge in [0.25, 0.3) is 0 Å². The molecule has 0 aliphatic heterocycles. The van der Waals surface area contributed by atoms with Crippen LogP contribution in [0.15, 0.2) is 42.5 Å². The molecule has 2 aromatic rings. The minimum Gasteiger partial charge on any atom is -0.496 e. The first kappa shape index (κ1) is 15.0. The number of benzene rings is 2. The molecule has 0 aliphatic rings. The van der Waals surface area contributed by atoms with E-state index in [9.17, 15) is 0 Å². The minimum absolute atomic E-state index is 0.348. The van der Waals surface area contributed by atoms with E-state index in [1.807, 2.05) is 49.4 Å². The molecule has 3 heteroatoms. The SMILES string of the molecule is COc1ccc(C#CCN)cc1COc1cccc(C)c1. The molecule has 0 saturated carbocycles. The molecule has 0 spiro atoms. The van der Waals surface area contributed by atoms with Crippen LogP contribution in [0.5, 0.6) is 11.5 Å². The second-order valence-electron chi connectivity index (χ2n) is 4.64. The van der Waals surface area contributed by atoms with Crippen LogP contribution in [0.25, 0.3) is 0 Å². The molecule has 0 aliphatic carbocycles. The van der Waals surface area contributed by atoms with Crippen LogP contribution in [-0.4, -0.2) is 13.7 Å². The van der Waals surface area contributed by atoms with E-state index in [1.165, 1.54) is 5.56 Å². The van der Waals surface area contributed by atoms with Gasteiger partial charge in [-0.3, -0.25) is 0 Å². The van der Waals surface area contributed by atoms with Gasteiger partial charge in [0.05, 0.1) is 13.7 Å². The van der Waals surface area contributed by atoms with E-state index in [1.54, 1.807) is 7.11 Å². The highest BCUT2D eigenvalue weighted by molar-refractivity contribution is 5.44. The fourth-order valence-corrected chi connectivity index (χ4v) is 1.99. The van der Waals surface area contributed by atoms with E-state index in [0.29, 0.717) is 13.2 Å². The van der Waals surface area contributed by atoms with Gasteiger partial charge in [-0.25, -0.2) is 0 Å². The Morgan fingerprint density at radius 3 is 2.71 bits per heavy atom. The molecule has 0 fully saturated rings. The number of hydrogen-bond acceptors (Lipinski definition) is 3. The number of ether oxygens (including phenoxy) is 2. The molecule has 3 nitrogen and oxygen atoms in total. The first-order valence-electron chi connectivity index (χ1n) is 6.78. The third-order valence-corrected chi connectivity index (χ3v) is 3.00. The summed E-state index contributed by atoms with van der Waals surface area (Å²) in [6.07, 6.45) is 0. The lowest BCUT2D eigenvalue weighted by Gasteiger charge is -2.11. The third kappa shape index (κ3) is 4.27. The van der Waals surface area contributed by atoms with Gasteiger partial charge in [0.1, 0.15) is 18.1 Å². The maximum absolute atomic E-state index is 5.82. The largest absolute Gasteiger partial charge is 0.496 e. The van der Waals surface area contributed by atoms with Crippen molar-refractivity contribution in [2.75, 3.05) is 13.7 Å². The van der Waals surface area contributed by atoms with E-state index in [2.05, 4.69) is 11.8 Å². The lowest BCUT2D eigenvalue weighted by molar-refractivity contribution is 0.296. The van der Waals surface area contributed by atoms with Crippen molar-refractivity contribution >= 4 is 0 Å². The number of hydrogen-bond donors (Lipinski definition) is 1. The van der Waals surface area contributed by atoms with Crippen LogP contribution >= 0.6 is 0 Å². The standard InChI is InChI=1S/C18H19NO2/c1-14-5-3-7-17(11-14)21-13-16-12-15(6-4-10-19)8-9-18(16)20-2/h3,5,7-9,11-12H,10,13,19H2,1-2H3. The normalized spacial score (nSPS) is 9.67. The summed E-state index contributed by atoms with van der Waals surface area (Å²) in [6.45, 7) is 2.82. The van der Waals surface area contributed by atoms with Crippen LogP contribution in [0.1, 0.15) is 16.7 Å². The Morgan fingerprint density at radius 1 is 1.14 bits per heavy atom. The van der Waals surface area contributed by atoms with Crippen molar-refractivity contribution in [1.82, 2.24) is 0 Å². The third-order valence-electron chi connectivity index (χ3n) is 3.00. The van der Waals surface area contributed by atoms with Gasteiger partial charge < -0.3 is 15.2 Å². The van der Waals surface area contributed by atoms with Gasteiger partial charge in [0, 0.05) is 11.1 Å². The molecule has 2 rings (SSSR count). The summed E-state index contributed by atoms with van der Waals surface area (Å²) in [5, 5.41) is 0. The first-order valence-corrected chi connectivity index (χ1v) is 6.78. The molecule has 0 heterocycles. The molecule has 0 saturated heterocycles. The van der Waals surface area contributed by atoms with E-state index < -0.39 is 0 Å². The van der Waals surface area contributed by atoms with Crippen molar-refractivity contribution in [3.63, 3.8) is 0 Å². The highest BCUT2D eigenvalue weighted by Gasteiger charge is 2.05. The molecule has 2 N–H and O–H groups in total. The Labute approximate surface area is 125 Å². The van der Waals surface area contributed by atoms with Crippen LogP contribution in [0.4, 0.5) is 0 Å². The van der Waals surface area contributed by atoms with Crippen LogP contribution in [0.2, 0.25) is 0 Å². The molecule has 0 radical (unpaired) electrons. The molecule has 0 amide bonds. The van der Waals surface area contributed by atoms with Crippen LogP contribution < -0.4 is 15.2 Å². The van der Waals surface area contributed by atoms with Crippen LogP contribution in [0, 0.1) is 18.8 Å². The number of nitrogens with two attached hydrogens (primary N) is 1. The second kappa shape index (κ2) is 7.37. The van der Waals surface area contributed by atoms with Gasteiger partial charge in [0.2, 0.25) is 0 Å². The summed E-state index contributed by atoms with van der Waals surface area (Å²) in [5.74, 6) is 7.50. The Kier molecular flexibility index (Phi) is 5.25. The maximum Gasteiger partial charge on any atom is 0.125 e. The summed E-state index contributed by atoms with van der Waals surface area (Å²) < 4.78 is 11.2. The average Bonchev–Trinajstić information content (AvgIpc) is 2.51. The fourth-order valence-electron chi connectivity index (χ4n) is 1.99. The maximum atomic E-state index is 5.82. The predicted molar refractivity (Wildman–Crippen MR) is 84.4 cm³/mol. The average molecular weight is 281 g/mol. The van der Waals surface area contributed by atoms with Crippen molar-refractivity contribution in [1.29, 1.82) is 0 Å². The summed E-state index contributed by atoms with van der Waals surface area (Å²) in [7, 11) is 1.65. The molecule has 0 aromatic heterocycles. The minimum atomic E-state index is 0.348. The zero-order valence-electron chi connectivity index (χ0n) is 12.3. The van der Waals surface area contributed by atoms with Gasteiger partial charge in [-0.15, -0.1) is 0 Å². The molecule has 108 valence electrons. The summed E-state index contributed by atoms with van der Waals surface area (Å²) in [6, 6.07) is 13.7. The highest BCUT2D eigenvalue weighted by atomic mass is 16.5. The zero-order chi connectivity index (χ0) is 15.1. The fraction of sp³-hybridized carbons (Fsp3) is 0.222. The number of aryl methyl sites for hydroxylation is 1. The van der Waals surface area contributed by atoms with Crippen LogP contribution in [-0.2, 0) is 6.61 Å². The Hall–Kier alpha value is -2.44. The predicted octanol–water partition coefficient (Wildman–Crippen LogP) is 2.89. The highest BCUT2D eigenvalue weighted by Crippen LogP contribution is 2.22. The molecule has 0 unspecified atom stereocenters. The molecule has 0 bridgehead atoms. The smallest absolute Gasteiger partial charge is 0.125 e. The van der Waals surface area contributed by atoms with Gasteiger partial charge in [0.15, 0.2) is 0 Å². The second-order valence-corrected chi connectivity index (χ2v) is 4.64. The van der Waals surface area contributed by atoms with Gasteiger partial charge in [-0.2, -0.15) is 0 Å². The summed E-state index contributed by atoms with van der Waals surface area (Å²) in [5.41, 5.74) is 8.43. The molecular formula is C18H19NO2. The topological polar surface area (TPSA) is 44.5 Å². The Morgan fingerprint density at radius 2 is 2.00 bits per heavy atom. The first-order chi connectivity index (χ1) is 10.2. The van der Waals surface area contributed by atoms with Crippen molar-refractivity contribution in [3.8, 4) is 23.3 Å². The van der Waals surface area contributed by atoms with E-state index in [0.717, 1.165) is 22.6 Å². The number of rotatable bonds is 4. The van der Waals surface area contributed by atoms with E-state index >= 15 is 0 Å². The Bertz CT molecular complexity index is 668. The van der Waals surface area contributed by atoms with Crippen molar-refractivity contribution in [3.05, 3.63) is 59.2 Å². The molecule has 2 aromatic carbocycles. The number of methoxy groups -OCH3 is 1. The monoisotopic (exact) mass is 281 g/mol. The lowest BCUT2D eigenvalue weighted by Crippen LogP contribution is -2.00. The van der Waals surface area contributed by atoms with Gasteiger partial charge in [-0.1, -0.05) is 24.0 Å². The quantitative estimate of drug-likeness (QED) is 0.876.